The Balaban J connectivity index is 1.46. The van der Waals surface area contributed by atoms with E-state index in [2.05, 4.69) is 55.5 Å². The Morgan fingerprint density at radius 2 is 2.12 bits per heavy atom. The molecule has 34 heavy (non-hydrogen) atoms. The molecule has 1 aromatic carbocycles. The monoisotopic (exact) mass is 455 g/mol. The number of methoxy groups -OCH3 is 1. The summed E-state index contributed by atoms with van der Waals surface area (Å²) < 4.78 is 10.8. The van der Waals surface area contributed by atoms with E-state index < -0.39 is 0 Å². The second kappa shape index (κ2) is 8.61. The molecule has 1 N–H and O–H groups in total. The Kier molecular flexibility index (Phi) is 5.62. The Morgan fingerprint density at radius 3 is 2.82 bits per heavy atom. The van der Waals surface area contributed by atoms with Crippen LogP contribution in [0.1, 0.15) is 36.7 Å². The molecule has 0 spiro atoms. The fourth-order valence-electron chi connectivity index (χ4n) is 4.77. The van der Waals surface area contributed by atoms with Gasteiger partial charge in [0.05, 0.1) is 26.3 Å². The van der Waals surface area contributed by atoms with Crippen LogP contribution in [0.15, 0.2) is 81.0 Å². The zero-order valence-electron chi connectivity index (χ0n) is 20.0. The summed E-state index contributed by atoms with van der Waals surface area (Å²) in [5.74, 6) is 1.46. The molecule has 1 atom stereocenters. The van der Waals surface area contributed by atoms with E-state index in [0.29, 0.717) is 6.54 Å². The molecule has 1 unspecified atom stereocenters. The first-order valence-corrected chi connectivity index (χ1v) is 11.4. The lowest BCUT2D eigenvalue weighted by molar-refractivity contribution is -0.120. The zero-order valence-corrected chi connectivity index (χ0v) is 20.0. The SMILES string of the molecule is COc1ccc2c(c1)C(CC(=O)NCc1ccco1)=C(C)/C2=C/C1=CC2=CC(N(C)C)(C2)N=C1. The highest BCUT2D eigenvalue weighted by Gasteiger charge is 2.38. The van der Waals surface area contributed by atoms with Gasteiger partial charge < -0.3 is 14.5 Å². The van der Waals surface area contributed by atoms with Crippen LogP contribution in [0.5, 0.6) is 5.75 Å². The molecule has 2 bridgehead atoms. The highest BCUT2D eigenvalue weighted by molar-refractivity contribution is 6.06. The van der Waals surface area contributed by atoms with Crippen molar-refractivity contribution in [3.63, 3.8) is 0 Å². The number of hydrogen-bond acceptors (Lipinski definition) is 5. The molecule has 0 fully saturated rings. The van der Waals surface area contributed by atoms with Crippen LogP contribution in [0.3, 0.4) is 0 Å². The van der Waals surface area contributed by atoms with Gasteiger partial charge in [0, 0.05) is 12.6 Å². The van der Waals surface area contributed by atoms with Gasteiger partial charge in [-0.05, 0) is 96.4 Å². The Morgan fingerprint density at radius 1 is 1.29 bits per heavy atom. The lowest BCUT2D eigenvalue weighted by atomic mass is 9.85. The molecule has 1 amide bonds. The first kappa shape index (κ1) is 22.2. The lowest BCUT2D eigenvalue weighted by Gasteiger charge is -2.40. The Hall–Kier alpha value is -3.64. The largest absolute Gasteiger partial charge is 0.497 e. The van der Waals surface area contributed by atoms with Crippen LogP contribution in [-0.2, 0) is 11.3 Å². The molecule has 2 aromatic rings. The van der Waals surface area contributed by atoms with Gasteiger partial charge in [-0.2, -0.15) is 0 Å². The maximum Gasteiger partial charge on any atom is 0.224 e. The van der Waals surface area contributed by atoms with Crippen LogP contribution in [0.2, 0.25) is 0 Å². The van der Waals surface area contributed by atoms with Gasteiger partial charge in [0.15, 0.2) is 0 Å². The third-order valence-electron chi connectivity index (χ3n) is 6.83. The summed E-state index contributed by atoms with van der Waals surface area (Å²) in [5, 5.41) is 2.96. The standard InChI is InChI=1S/C28H29N3O3/c1-18-24(11-19-10-20-14-28(15-20,30-16-19)31(2)3)23-8-7-21(33-4)12-26(23)25(18)13-27(32)29-17-22-6-5-9-34-22/h5-12,14,16H,13,15,17H2,1-4H3,(H,29,32)/b24-11-. The third kappa shape index (κ3) is 3.94. The van der Waals surface area contributed by atoms with E-state index in [4.69, 9.17) is 14.1 Å². The summed E-state index contributed by atoms with van der Waals surface area (Å²) in [4.78, 5) is 19.8. The number of carbonyl (C=O) groups excluding carboxylic acids is 1. The van der Waals surface area contributed by atoms with Crippen LogP contribution < -0.4 is 10.1 Å². The number of rotatable bonds is 7. The van der Waals surface area contributed by atoms with Crippen molar-refractivity contribution in [3.8, 4) is 5.75 Å². The second-order valence-corrected chi connectivity index (χ2v) is 9.18. The van der Waals surface area contributed by atoms with Crippen LogP contribution in [-0.4, -0.2) is 43.9 Å². The van der Waals surface area contributed by atoms with Gasteiger partial charge in [0.2, 0.25) is 5.91 Å². The molecular formula is C28H29N3O3. The molecule has 0 radical (unpaired) electrons. The van der Waals surface area contributed by atoms with Crippen LogP contribution in [0, 0.1) is 0 Å². The summed E-state index contributed by atoms with van der Waals surface area (Å²) in [6.07, 6.45) is 11.4. The molecular weight excluding hydrogens is 426 g/mol. The number of amides is 1. The van der Waals surface area contributed by atoms with Gasteiger partial charge in [-0.15, -0.1) is 0 Å². The first-order valence-electron chi connectivity index (χ1n) is 11.4. The van der Waals surface area contributed by atoms with E-state index in [0.717, 1.165) is 51.3 Å². The number of fused-ring (bicyclic) bond motifs is 2. The maximum atomic E-state index is 12.8. The van der Waals surface area contributed by atoms with Gasteiger partial charge in [-0.3, -0.25) is 14.7 Å². The minimum atomic E-state index is -0.227. The first-order chi connectivity index (χ1) is 16.4. The highest BCUT2D eigenvalue weighted by Crippen LogP contribution is 2.45. The summed E-state index contributed by atoms with van der Waals surface area (Å²) in [6, 6.07) is 9.73. The molecule has 6 nitrogen and oxygen atoms in total. The lowest BCUT2D eigenvalue weighted by Crippen LogP contribution is -2.45. The molecule has 3 heterocycles. The molecule has 6 heteroatoms. The summed E-state index contributed by atoms with van der Waals surface area (Å²) in [5.41, 5.74) is 7.50. The van der Waals surface area contributed by atoms with E-state index in [-0.39, 0.29) is 18.0 Å². The van der Waals surface area contributed by atoms with Crippen molar-refractivity contribution in [2.45, 2.75) is 32.0 Å². The van der Waals surface area contributed by atoms with E-state index in [1.165, 1.54) is 5.57 Å². The number of nitrogens with zero attached hydrogens (tertiary/aromatic N) is 2. The average Bonchev–Trinajstić information content (AvgIpc) is 3.29. The van der Waals surface area contributed by atoms with Gasteiger partial charge in [-0.1, -0.05) is 12.1 Å². The van der Waals surface area contributed by atoms with Crippen molar-refractivity contribution in [2.75, 3.05) is 21.2 Å². The fourth-order valence-corrected chi connectivity index (χ4v) is 4.77. The normalized spacial score (nSPS) is 21.7. The number of allylic oxidation sites excluding steroid dienone is 5. The molecule has 4 aliphatic rings. The average molecular weight is 456 g/mol. The minimum absolute atomic E-state index is 0.0464. The number of nitrogens with one attached hydrogen (secondary N) is 1. The summed E-state index contributed by atoms with van der Waals surface area (Å²) in [6.45, 7) is 2.46. The quantitative estimate of drug-likeness (QED) is 0.654. The van der Waals surface area contributed by atoms with Crippen molar-refractivity contribution >= 4 is 23.3 Å². The molecule has 2 aliphatic heterocycles. The minimum Gasteiger partial charge on any atom is -0.497 e. The molecule has 0 saturated carbocycles. The summed E-state index contributed by atoms with van der Waals surface area (Å²) >= 11 is 0. The van der Waals surface area contributed by atoms with Crippen molar-refractivity contribution < 1.29 is 13.9 Å². The topological polar surface area (TPSA) is 67.1 Å². The van der Waals surface area contributed by atoms with Gasteiger partial charge in [0.1, 0.15) is 17.2 Å². The molecule has 174 valence electrons. The second-order valence-electron chi connectivity index (χ2n) is 9.18. The highest BCUT2D eigenvalue weighted by atomic mass is 16.5. The van der Waals surface area contributed by atoms with Crippen molar-refractivity contribution in [1.82, 2.24) is 10.2 Å². The zero-order chi connectivity index (χ0) is 23.9. The number of carbonyl (C=O) groups is 1. The van der Waals surface area contributed by atoms with Gasteiger partial charge >= 0.3 is 0 Å². The van der Waals surface area contributed by atoms with Crippen LogP contribution >= 0.6 is 0 Å². The molecule has 6 rings (SSSR count). The van der Waals surface area contributed by atoms with Crippen LogP contribution in [0.4, 0.5) is 0 Å². The summed E-state index contributed by atoms with van der Waals surface area (Å²) in [7, 11) is 5.78. The van der Waals surface area contributed by atoms with E-state index in [1.54, 1.807) is 13.4 Å². The maximum absolute atomic E-state index is 12.8. The molecule has 2 aliphatic carbocycles. The Bertz CT molecular complexity index is 1290. The number of ether oxygens (including phenoxy) is 1. The van der Waals surface area contributed by atoms with E-state index >= 15 is 0 Å². The third-order valence-corrected chi connectivity index (χ3v) is 6.83. The molecule has 0 saturated heterocycles. The number of benzene rings is 1. The van der Waals surface area contributed by atoms with Crippen molar-refractivity contribution in [1.29, 1.82) is 0 Å². The van der Waals surface area contributed by atoms with Crippen molar-refractivity contribution in [3.05, 3.63) is 88.4 Å². The van der Waals surface area contributed by atoms with Crippen molar-refractivity contribution in [2.24, 2.45) is 4.99 Å². The Labute approximate surface area is 200 Å². The van der Waals surface area contributed by atoms with E-state index in [1.807, 2.05) is 30.5 Å². The number of hydrogen-bond donors (Lipinski definition) is 1. The molecule has 1 aromatic heterocycles. The predicted octanol–water partition coefficient (Wildman–Crippen LogP) is 4.76. The fraction of sp³-hybridized carbons (Fsp3) is 0.286. The van der Waals surface area contributed by atoms with Gasteiger partial charge in [-0.25, -0.2) is 0 Å². The number of furan rings is 1. The number of aliphatic imine (C=N–C) groups is 1. The van der Waals surface area contributed by atoms with E-state index in [9.17, 15) is 4.79 Å². The van der Waals surface area contributed by atoms with Crippen LogP contribution in [0.25, 0.3) is 11.1 Å². The van der Waals surface area contributed by atoms with Gasteiger partial charge in [0.25, 0.3) is 0 Å². The predicted molar refractivity (Wildman–Crippen MR) is 134 cm³/mol. The number of likely N-dealkylation sites (N-methyl/N-ethyl adjacent to an activating group) is 1. The smallest absolute Gasteiger partial charge is 0.224 e.